The number of guanidine groups is 1. The van der Waals surface area contributed by atoms with Crippen molar-refractivity contribution in [3.63, 3.8) is 0 Å². The fraction of sp³-hybridized carbons (Fsp3) is 0.250. The maximum absolute atomic E-state index is 13.1. The second kappa shape index (κ2) is 9.47. The van der Waals surface area contributed by atoms with E-state index in [-0.39, 0.29) is 5.82 Å². The number of aliphatic imine (C=N–C) groups is 1. The van der Waals surface area contributed by atoms with Crippen LogP contribution in [-0.4, -0.2) is 40.9 Å². The molecule has 0 radical (unpaired) electrons. The summed E-state index contributed by atoms with van der Waals surface area (Å²) in [5.74, 6) is 0.522. The molecule has 4 rings (SSSR count). The lowest BCUT2D eigenvalue weighted by atomic mass is 10.1. The molecule has 0 aliphatic heterocycles. The monoisotopic (exact) mass is 418 g/mol. The number of halogens is 1. The van der Waals surface area contributed by atoms with Gasteiger partial charge in [0.25, 0.3) is 0 Å². The molecule has 0 amide bonds. The van der Waals surface area contributed by atoms with Crippen molar-refractivity contribution in [2.24, 2.45) is 4.99 Å². The maximum atomic E-state index is 13.1. The predicted octanol–water partition coefficient (Wildman–Crippen LogP) is 3.75. The summed E-state index contributed by atoms with van der Waals surface area (Å²) in [7, 11) is 1.77. The molecule has 6 nitrogen and oxygen atoms in total. The summed E-state index contributed by atoms with van der Waals surface area (Å²) in [6, 6.07) is 14.6. The Kier molecular flexibility index (Phi) is 6.31. The van der Waals surface area contributed by atoms with Crippen molar-refractivity contribution >= 4 is 16.9 Å². The van der Waals surface area contributed by atoms with E-state index in [0.717, 1.165) is 36.7 Å². The van der Waals surface area contributed by atoms with Gasteiger partial charge in [-0.1, -0.05) is 12.1 Å². The first-order valence-electron chi connectivity index (χ1n) is 10.4. The Morgan fingerprint density at radius 2 is 1.84 bits per heavy atom. The van der Waals surface area contributed by atoms with E-state index in [1.165, 1.54) is 34.2 Å². The average molecular weight is 419 g/mol. The lowest BCUT2D eigenvalue weighted by Crippen LogP contribution is -2.39. The van der Waals surface area contributed by atoms with Gasteiger partial charge in [0.1, 0.15) is 5.82 Å². The molecule has 0 atom stereocenters. The molecule has 2 aromatic carbocycles. The van der Waals surface area contributed by atoms with Crippen LogP contribution in [0.4, 0.5) is 4.39 Å². The van der Waals surface area contributed by atoms with Crippen LogP contribution in [-0.2, 0) is 12.8 Å². The Labute approximate surface area is 181 Å². The number of rotatable bonds is 7. The van der Waals surface area contributed by atoms with Crippen LogP contribution >= 0.6 is 0 Å². The molecule has 0 saturated carbocycles. The van der Waals surface area contributed by atoms with E-state index in [0.29, 0.717) is 6.54 Å². The number of hydrogen-bond donors (Lipinski definition) is 3. The zero-order valence-corrected chi connectivity index (χ0v) is 17.8. The largest absolute Gasteiger partial charge is 0.361 e. The Morgan fingerprint density at radius 3 is 2.61 bits per heavy atom. The molecule has 0 aliphatic carbocycles. The highest BCUT2D eigenvalue weighted by Crippen LogP contribution is 2.22. The van der Waals surface area contributed by atoms with Gasteiger partial charge in [-0.05, 0) is 60.9 Å². The van der Waals surface area contributed by atoms with Gasteiger partial charge < -0.3 is 15.6 Å². The van der Waals surface area contributed by atoms with Crippen LogP contribution in [0, 0.1) is 12.7 Å². The number of benzene rings is 2. The summed E-state index contributed by atoms with van der Waals surface area (Å²) in [6.07, 6.45) is 5.65. The van der Waals surface area contributed by atoms with Crippen LogP contribution in [0.2, 0.25) is 0 Å². The van der Waals surface area contributed by atoms with Gasteiger partial charge in [0.2, 0.25) is 0 Å². The first kappa shape index (κ1) is 20.7. The number of nitrogens with one attached hydrogen (secondary N) is 3. The molecule has 4 aromatic rings. The van der Waals surface area contributed by atoms with Crippen molar-refractivity contribution in [1.29, 1.82) is 0 Å². The molecule has 0 spiro atoms. The van der Waals surface area contributed by atoms with Crippen LogP contribution in [0.25, 0.3) is 16.6 Å². The Balaban J connectivity index is 1.25. The third kappa shape index (κ3) is 4.94. The molecule has 7 heteroatoms. The van der Waals surface area contributed by atoms with Gasteiger partial charge in [0.15, 0.2) is 5.96 Å². The fourth-order valence-corrected chi connectivity index (χ4v) is 3.73. The number of nitrogens with zero attached hydrogens (tertiary/aromatic N) is 3. The first-order chi connectivity index (χ1) is 15.1. The van der Waals surface area contributed by atoms with E-state index in [4.69, 9.17) is 0 Å². The summed E-state index contributed by atoms with van der Waals surface area (Å²) in [6.45, 7) is 3.65. The third-order valence-electron chi connectivity index (χ3n) is 5.32. The van der Waals surface area contributed by atoms with Crippen molar-refractivity contribution in [2.45, 2.75) is 19.8 Å². The van der Waals surface area contributed by atoms with E-state index in [1.54, 1.807) is 23.9 Å². The second-order valence-corrected chi connectivity index (χ2v) is 7.47. The summed E-state index contributed by atoms with van der Waals surface area (Å²) < 4.78 is 14.8. The molecule has 2 heterocycles. The standard InChI is InChI=1S/C24H27FN6/c1-17-4-3-5-22-23(17)18(16-29-22)10-13-27-24(26-2)28-14-11-20-12-15-31(30-20)21-8-6-19(25)7-9-21/h3-9,12,15-16,29H,10-11,13-14H2,1-2H3,(H2,26,27,28). The molecule has 2 aromatic heterocycles. The topological polar surface area (TPSA) is 70.0 Å². The quantitative estimate of drug-likeness (QED) is 0.316. The predicted molar refractivity (Wildman–Crippen MR) is 123 cm³/mol. The van der Waals surface area contributed by atoms with Crippen molar-refractivity contribution in [2.75, 3.05) is 20.1 Å². The Morgan fingerprint density at radius 1 is 1.06 bits per heavy atom. The van der Waals surface area contributed by atoms with Crippen LogP contribution in [0.1, 0.15) is 16.8 Å². The lowest BCUT2D eigenvalue weighted by molar-refractivity contribution is 0.627. The summed E-state index contributed by atoms with van der Waals surface area (Å²) >= 11 is 0. The molecule has 0 saturated heterocycles. The Bertz CT molecular complexity index is 1170. The summed E-state index contributed by atoms with van der Waals surface area (Å²) in [4.78, 5) is 7.65. The molecular formula is C24H27FN6. The molecule has 0 aliphatic rings. The Hall–Kier alpha value is -3.61. The van der Waals surface area contributed by atoms with Crippen molar-refractivity contribution < 1.29 is 4.39 Å². The zero-order valence-electron chi connectivity index (χ0n) is 17.8. The van der Waals surface area contributed by atoms with Gasteiger partial charge in [-0.3, -0.25) is 4.99 Å². The van der Waals surface area contributed by atoms with Crippen molar-refractivity contribution in [3.05, 3.63) is 83.6 Å². The van der Waals surface area contributed by atoms with Crippen molar-refractivity contribution in [1.82, 2.24) is 25.4 Å². The van der Waals surface area contributed by atoms with Crippen LogP contribution in [0.3, 0.4) is 0 Å². The molecule has 160 valence electrons. The number of aromatic nitrogens is 3. The number of fused-ring (bicyclic) bond motifs is 1. The van der Waals surface area contributed by atoms with Gasteiger partial charge >= 0.3 is 0 Å². The maximum Gasteiger partial charge on any atom is 0.190 e. The highest BCUT2D eigenvalue weighted by atomic mass is 19.1. The molecule has 0 bridgehead atoms. The van der Waals surface area contributed by atoms with Crippen LogP contribution in [0.5, 0.6) is 0 Å². The number of H-pyrrole nitrogens is 1. The molecule has 31 heavy (non-hydrogen) atoms. The minimum atomic E-state index is -0.251. The molecular weight excluding hydrogens is 391 g/mol. The zero-order chi connectivity index (χ0) is 21.6. The first-order valence-corrected chi connectivity index (χ1v) is 10.4. The second-order valence-electron chi connectivity index (χ2n) is 7.47. The molecule has 3 N–H and O–H groups in total. The number of aryl methyl sites for hydroxylation is 1. The van der Waals surface area contributed by atoms with Gasteiger partial charge in [-0.2, -0.15) is 5.10 Å². The highest BCUT2D eigenvalue weighted by Gasteiger charge is 2.07. The van der Waals surface area contributed by atoms with Crippen molar-refractivity contribution in [3.8, 4) is 5.69 Å². The molecule has 0 unspecified atom stereocenters. The minimum Gasteiger partial charge on any atom is -0.361 e. The third-order valence-corrected chi connectivity index (χ3v) is 5.32. The smallest absolute Gasteiger partial charge is 0.190 e. The minimum absolute atomic E-state index is 0.251. The van der Waals surface area contributed by atoms with E-state index in [1.807, 2.05) is 12.3 Å². The van der Waals surface area contributed by atoms with Crippen LogP contribution < -0.4 is 10.6 Å². The highest BCUT2D eigenvalue weighted by molar-refractivity contribution is 5.86. The van der Waals surface area contributed by atoms with E-state index >= 15 is 0 Å². The lowest BCUT2D eigenvalue weighted by Gasteiger charge is -2.11. The fourth-order valence-electron chi connectivity index (χ4n) is 3.73. The van der Waals surface area contributed by atoms with Gasteiger partial charge in [0.05, 0.1) is 11.4 Å². The van der Waals surface area contributed by atoms with E-state index in [9.17, 15) is 4.39 Å². The van der Waals surface area contributed by atoms with Gasteiger partial charge in [-0.25, -0.2) is 9.07 Å². The van der Waals surface area contributed by atoms with Gasteiger partial charge in [0, 0.05) is 49.9 Å². The SMILES string of the molecule is CN=C(NCCc1ccn(-c2ccc(F)cc2)n1)NCCc1c[nH]c2cccc(C)c12. The van der Waals surface area contributed by atoms with Crippen LogP contribution in [0.15, 0.2) is 65.9 Å². The summed E-state index contributed by atoms with van der Waals surface area (Å²) in [5, 5.41) is 12.6. The van der Waals surface area contributed by atoms with Gasteiger partial charge in [-0.15, -0.1) is 0 Å². The number of hydrogen-bond acceptors (Lipinski definition) is 2. The van der Waals surface area contributed by atoms with E-state index < -0.39 is 0 Å². The number of aromatic amines is 1. The molecule has 0 fully saturated rings. The normalized spacial score (nSPS) is 11.8. The summed E-state index contributed by atoms with van der Waals surface area (Å²) in [5.41, 5.74) is 5.57. The van der Waals surface area contributed by atoms with E-state index in [2.05, 4.69) is 57.0 Å². The average Bonchev–Trinajstić information content (AvgIpc) is 3.41.